The minimum atomic E-state index is 0.637. The number of aromatic nitrogens is 1. The molecule has 1 aromatic carbocycles. The Morgan fingerprint density at radius 1 is 1.04 bits per heavy atom. The van der Waals surface area contributed by atoms with Gasteiger partial charge in [-0.1, -0.05) is 31.5 Å². The van der Waals surface area contributed by atoms with Gasteiger partial charge in [0.15, 0.2) is 5.96 Å². The largest absolute Gasteiger partial charge is 0.379 e. The van der Waals surface area contributed by atoms with Crippen LogP contribution in [0.3, 0.4) is 0 Å². The molecule has 144 valence electrons. The third kappa shape index (κ3) is 7.06. The molecule has 6 nitrogen and oxygen atoms in total. The number of fused-ring (bicyclic) bond motifs is 1. The Morgan fingerprint density at radius 2 is 1.81 bits per heavy atom. The lowest BCUT2D eigenvalue weighted by Gasteiger charge is -2.12. The van der Waals surface area contributed by atoms with E-state index >= 15 is 0 Å². The Bertz CT molecular complexity index is 654. The molecule has 0 fully saturated rings. The van der Waals surface area contributed by atoms with Gasteiger partial charge in [0, 0.05) is 43.8 Å². The van der Waals surface area contributed by atoms with E-state index in [4.69, 9.17) is 9.47 Å². The molecular formula is C20H32N4O2. The molecule has 0 aliphatic rings. The first kappa shape index (κ1) is 20.3. The SMILES string of the molecule is CCCCOCCOCCNC(=NC)NCCc1c[nH]c2ccccc12. The van der Waals surface area contributed by atoms with Crippen LogP contribution in [0.1, 0.15) is 25.3 Å². The first-order valence-electron chi connectivity index (χ1n) is 9.50. The Kier molecular flexibility index (Phi) is 9.61. The maximum atomic E-state index is 5.55. The molecule has 0 atom stereocenters. The Balaban J connectivity index is 1.55. The summed E-state index contributed by atoms with van der Waals surface area (Å²) in [7, 11) is 1.78. The fourth-order valence-electron chi connectivity index (χ4n) is 2.68. The van der Waals surface area contributed by atoms with Crippen molar-refractivity contribution in [2.45, 2.75) is 26.2 Å². The van der Waals surface area contributed by atoms with Crippen molar-refractivity contribution < 1.29 is 9.47 Å². The zero-order valence-electron chi connectivity index (χ0n) is 16.0. The second-order valence-corrected chi connectivity index (χ2v) is 6.11. The number of hydrogen-bond donors (Lipinski definition) is 3. The van der Waals surface area contributed by atoms with E-state index in [0.717, 1.165) is 44.9 Å². The highest BCUT2D eigenvalue weighted by Gasteiger charge is 2.03. The number of para-hydroxylation sites is 1. The monoisotopic (exact) mass is 360 g/mol. The van der Waals surface area contributed by atoms with E-state index in [1.54, 1.807) is 7.05 Å². The number of unbranched alkanes of at least 4 members (excludes halogenated alkanes) is 1. The van der Waals surface area contributed by atoms with Crippen LogP contribution in [0, 0.1) is 0 Å². The van der Waals surface area contributed by atoms with E-state index < -0.39 is 0 Å². The van der Waals surface area contributed by atoms with Gasteiger partial charge in [0.1, 0.15) is 0 Å². The lowest BCUT2D eigenvalue weighted by molar-refractivity contribution is 0.0487. The number of aromatic amines is 1. The molecule has 0 unspecified atom stereocenters. The standard InChI is InChI=1S/C20H32N4O2/c1-3-4-12-25-14-15-26-13-11-23-20(21-2)22-10-9-17-16-24-19-8-6-5-7-18(17)19/h5-8,16,24H,3-4,9-15H2,1-2H3,(H2,21,22,23). The number of H-pyrrole nitrogens is 1. The molecule has 0 bridgehead atoms. The summed E-state index contributed by atoms with van der Waals surface area (Å²) in [5.41, 5.74) is 2.50. The highest BCUT2D eigenvalue weighted by molar-refractivity contribution is 5.83. The number of ether oxygens (including phenoxy) is 2. The van der Waals surface area contributed by atoms with Crippen LogP contribution in [0.4, 0.5) is 0 Å². The van der Waals surface area contributed by atoms with Crippen LogP contribution >= 0.6 is 0 Å². The lowest BCUT2D eigenvalue weighted by atomic mass is 10.1. The number of guanidine groups is 1. The van der Waals surface area contributed by atoms with Gasteiger partial charge in [0.25, 0.3) is 0 Å². The minimum absolute atomic E-state index is 0.637. The smallest absolute Gasteiger partial charge is 0.191 e. The number of benzene rings is 1. The maximum absolute atomic E-state index is 5.55. The summed E-state index contributed by atoms with van der Waals surface area (Å²) < 4.78 is 11.0. The Hall–Kier alpha value is -2.05. The molecule has 0 amide bonds. The summed E-state index contributed by atoms with van der Waals surface area (Å²) >= 11 is 0. The number of rotatable bonds is 12. The molecule has 0 aliphatic carbocycles. The molecule has 1 aromatic heterocycles. The first-order valence-corrected chi connectivity index (χ1v) is 9.50. The van der Waals surface area contributed by atoms with Gasteiger partial charge in [0.2, 0.25) is 0 Å². The summed E-state index contributed by atoms with van der Waals surface area (Å²) in [6, 6.07) is 8.37. The molecule has 0 aliphatic heterocycles. The molecule has 0 saturated heterocycles. The van der Waals surface area contributed by atoms with Gasteiger partial charge < -0.3 is 25.1 Å². The summed E-state index contributed by atoms with van der Waals surface area (Å²) in [5, 5.41) is 7.89. The average Bonchev–Trinajstić information content (AvgIpc) is 3.08. The normalized spacial score (nSPS) is 11.8. The third-order valence-electron chi connectivity index (χ3n) is 4.14. The first-order chi connectivity index (χ1) is 12.8. The summed E-state index contributed by atoms with van der Waals surface area (Å²) in [6.07, 6.45) is 5.30. The molecule has 0 spiro atoms. The second kappa shape index (κ2) is 12.3. The van der Waals surface area contributed by atoms with E-state index in [1.165, 1.54) is 16.5 Å². The molecule has 1 heterocycles. The topological polar surface area (TPSA) is 70.7 Å². The summed E-state index contributed by atoms with van der Waals surface area (Å²) in [6.45, 7) is 6.48. The fourth-order valence-corrected chi connectivity index (χ4v) is 2.68. The zero-order chi connectivity index (χ0) is 18.5. The third-order valence-corrected chi connectivity index (χ3v) is 4.14. The van der Waals surface area contributed by atoms with Gasteiger partial charge in [-0.15, -0.1) is 0 Å². The van der Waals surface area contributed by atoms with Crippen LogP contribution in [-0.4, -0.2) is 57.5 Å². The van der Waals surface area contributed by atoms with Gasteiger partial charge in [-0.25, -0.2) is 0 Å². The van der Waals surface area contributed by atoms with Gasteiger partial charge in [0.05, 0.1) is 19.8 Å². The van der Waals surface area contributed by atoms with Crippen LogP contribution in [0.2, 0.25) is 0 Å². The molecule has 26 heavy (non-hydrogen) atoms. The molecule has 0 radical (unpaired) electrons. The van der Waals surface area contributed by atoms with E-state index in [0.29, 0.717) is 19.8 Å². The molecule has 6 heteroatoms. The Morgan fingerprint density at radius 3 is 2.62 bits per heavy atom. The molecular weight excluding hydrogens is 328 g/mol. The Labute approximate surface area is 156 Å². The number of nitrogens with zero attached hydrogens (tertiary/aromatic N) is 1. The van der Waals surface area contributed by atoms with Crippen molar-refractivity contribution in [3.63, 3.8) is 0 Å². The van der Waals surface area contributed by atoms with Crippen molar-refractivity contribution in [3.05, 3.63) is 36.0 Å². The molecule has 3 N–H and O–H groups in total. The number of nitrogens with one attached hydrogen (secondary N) is 3. The van der Waals surface area contributed by atoms with Crippen LogP contribution < -0.4 is 10.6 Å². The van der Waals surface area contributed by atoms with Gasteiger partial charge >= 0.3 is 0 Å². The van der Waals surface area contributed by atoms with E-state index in [9.17, 15) is 0 Å². The van der Waals surface area contributed by atoms with Crippen molar-refractivity contribution in [2.75, 3.05) is 46.6 Å². The quantitative estimate of drug-likeness (QED) is 0.309. The second-order valence-electron chi connectivity index (χ2n) is 6.11. The van der Waals surface area contributed by atoms with Gasteiger partial charge in [-0.05, 0) is 24.5 Å². The van der Waals surface area contributed by atoms with Crippen molar-refractivity contribution in [3.8, 4) is 0 Å². The highest BCUT2D eigenvalue weighted by atomic mass is 16.5. The van der Waals surface area contributed by atoms with E-state index in [2.05, 4.69) is 51.9 Å². The highest BCUT2D eigenvalue weighted by Crippen LogP contribution is 2.17. The van der Waals surface area contributed by atoms with Crippen LogP contribution in [0.15, 0.2) is 35.5 Å². The molecule has 2 aromatic rings. The van der Waals surface area contributed by atoms with Crippen molar-refractivity contribution in [2.24, 2.45) is 4.99 Å². The van der Waals surface area contributed by atoms with Crippen molar-refractivity contribution >= 4 is 16.9 Å². The fraction of sp³-hybridized carbons (Fsp3) is 0.550. The van der Waals surface area contributed by atoms with Gasteiger partial charge in [-0.2, -0.15) is 0 Å². The number of hydrogen-bond acceptors (Lipinski definition) is 3. The lowest BCUT2D eigenvalue weighted by Crippen LogP contribution is -2.39. The predicted molar refractivity (Wildman–Crippen MR) is 108 cm³/mol. The maximum Gasteiger partial charge on any atom is 0.191 e. The zero-order valence-corrected chi connectivity index (χ0v) is 16.0. The minimum Gasteiger partial charge on any atom is -0.379 e. The van der Waals surface area contributed by atoms with E-state index in [1.807, 2.05) is 6.07 Å². The average molecular weight is 361 g/mol. The summed E-state index contributed by atoms with van der Waals surface area (Å²) in [5.74, 6) is 0.799. The molecule has 0 saturated carbocycles. The van der Waals surface area contributed by atoms with Crippen molar-refractivity contribution in [1.82, 2.24) is 15.6 Å². The summed E-state index contributed by atoms with van der Waals surface area (Å²) in [4.78, 5) is 7.55. The van der Waals surface area contributed by atoms with E-state index in [-0.39, 0.29) is 0 Å². The van der Waals surface area contributed by atoms with Crippen LogP contribution in [0.25, 0.3) is 10.9 Å². The van der Waals surface area contributed by atoms with Crippen molar-refractivity contribution in [1.29, 1.82) is 0 Å². The molecule has 2 rings (SSSR count). The predicted octanol–water partition coefficient (Wildman–Crippen LogP) is 2.71. The number of aliphatic imine (C=N–C) groups is 1. The van der Waals surface area contributed by atoms with Crippen LogP contribution in [0.5, 0.6) is 0 Å². The van der Waals surface area contributed by atoms with Gasteiger partial charge in [-0.3, -0.25) is 4.99 Å². The van der Waals surface area contributed by atoms with Crippen LogP contribution in [-0.2, 0) is 15.9 Å².